The molecule has 0 radical (unpaired) electrons. The molecule has 1 atom stereocenters. The van der Waals surface area contributed by atoms with E-state index in [1.807, 2.05) is 32.2 Å². The zero-order valence-corrected chi connectivity index (χ0v) is 12.6. The number of aromatic nitrogens is 1. The predicted molar refractivity (Wildman–Crippen MR) is 81.1 cm³/mol. The molecule has 2 aromatic heterocycles. The number of amides is 1. The Bertz CT molecular complexity index is 599. The fourth-order valence-electron chi connectivity index (χ4n) is 2.61. The number of pyridine rings is 1. The lowest BCUT2D eigenvalue weighted by atomic mass is 10.2. The van der Waals surface area contributed by atoms with Crippen molar-refractivity contribution in [2.75, 3.05) is 7.05 Å². The summed E-state index contributed by atoms with van der Waals surface area (Å²) in [5, 5.41) is 0. The van der Waals surface area contributed by atoms with Crippen LogP contribution in [0.2, 0.25) is 0 Å². The van der Waals surface area contributed by atoms with E-state index < -0.39 is 0 Å². The highest BCUT2D eigenvalue weighted by molar-refractivity contribution is 7.14. The van der Waals surface area contributed by atoms with Gasteiger partial charge in [0.2, 0.25) is 0 Å². The normalized spacial score (nSPS) is 14.9. The Morgan fingerprint density at radius 1 is 1.40 bits per heavy atom. The summed E-state index contributed by atoms with van der Waals surface area (Å²) in [6, 6.07) is 7.87. The van der Waals surface area contributed by atoms with Crippen LogP contribution in [0.5, 0.6) is 0 Å². The molecular formula is C16H18N2OS. The van der Waals surface area contributed by atoms with Gasteiger partial charge in [0, 0.05) is 18.1 Å². The standard InChI is InChI=1S/C16H18N2OS/c1-11(13-7-3-4-9-17-13)18(2)16(19)15-10-12-6-5-8-14(12)20-15/h3-4,7,9-11H,5-6,8H2,1-2H3. The van der Waals surface area contributed by atoms with Crippen molar-refractivity contribution in [3.05, 3.63) is 51.5 Å². The molecule has 0 saturated heterocycles. The molecule has 0 saturated carbocycles. The first-order chi connectivity index (χ1) is 9.66. The highest BCUT2D eigenvalue weighted by Crippen LogP contribution is 2.32. The van der Waals surface area contributed by atoms with Gasteiger partial charge in [-0.15, -0.1) is 11.3 Å². The lowest BCUT2D eigenvalue weighted by molar-refractivity contribution is 0.0744. The van der Waals surface area contributed by atoms with Gasteiger partial charge in [-0.3, -0.25) is 9.78 Å². The highest BCUT2D eigenvalue weighted by Gasteiger charge is 2.24. The molecule has 1 aliphatic rings. The Hall–Kier alpha value is -1.68. The molecule has 2 aromatic rings. The van der Waals surface area contributed by atoms with Gasteiger partial charge in [0.15, 0.2) is 0 Å². The van der Waals surface area contributed by atoms with Crippen molar-refractivity contribution < 1.29 is 4.79 Å². The van der Waals surface area contributed by atoms with Gasteiger partial charge in [-0.1, -0.05) is 6.07 Å². The molecule has 4 heteroatoms. The Morgan fingerprint density at radius 3 is 2.95 bits per heavy atom. The number of hydrogen-bond donors (Lipinski definition) is 0. The van der Waals surface area contributed by atoms with Crippen molar-refractivity contribution in [3.8, 4) is 0 Å². The third-order valence-corrected chi connectivity index (χ3v) is 5.20. The van der Waals surface area contributed by atoms with Gasteiger partial charge in [0.1, 0.15) is 0 Å². The van der Waals surface area contributed by atoms with Crippen LogP contribution >= 0.6 is 11.3 Å². The van der Waals surface area contributed by atoms with Gasteiger partial charge in [-0.25, -0.2) is 0 Å². The van der Waals surface area contributed by atoms with Crippen molar-refractivity contribution in [2.45, 2.75) is 32.2 Å². The minimum absolute atomic E-state index is 0.0133. The average molecular weight is 286 g/mol. The van der Waals surface area contributed by atoms with Gasteiger partial charge >= 0.3 is 0 Å². The van der Waals surface area contributed by atoms with Crippen LogP contribution < -0.4 is 0 Å². The molecule has 0 bridgehead atoms. The largest absolute Gasteiger partial charge is 0.333 e. The first kappa shape index (κ1) is 13.3. The summed E-state index contributed by atoms with van der Waals surface area (Å²) in [6.07, 6.45) is 5.26. The smallest absolute Gasteiger partial charge is 0.264 e. The zero-order chi connectivity index (χ0) is 14.1. The van der Waals surface area contributed by atoms with Gasteiger partial charge in [-0.2, -0.15) is 0 Å². The Morgan fingerprint density at radius 2 is 2.25 bits per heavy atom. The fourth-order valence-corrected chi connectivity index (χ4v) is 3.84. The van der Waals surface area contributed by atoms with Gasteiger partial charge in [-0.05, 0) is 49.9 Å². The van der Waals surface area contributed by atoms with E-state index in [-0.39, 0.29) is 11.9 Å². The summed E-state index contributed by atoms with van der Waals surface area (Å²) in [7, 11) is 1.85. The molecule has 0 N–H and O–H groups in total. The summed E-state index contributed by atoms with van der Waals surface area (Å²) in [6.45, 7) is 2.02. The zero-order valence-electron chi connectivity index (χ0n) is 11.8. The summed E-state index contributed by atoms with van der Waals surface area (Å²) in [4.78, 5) is 20.9. The van der Waals surface area contributed by atoms with E-state index in [1.165, 1.54) is 16.9 Å². The van der Waals surface area contributed by atoms with E-state index in [9.17, 15) is 4.79 Å². The molecule has 0 spiro atoms. The third kappa shape index (κ3) is 2.36. The first-order valence-electron chi connectivity index (χ1n) is 6.96. The Balaban J connectivity index is 1.79. The fraction of sp³-hybridized carbons (Fsp3) is 0.375. The van der Waals surface area contributed by atoms with E-state index in [0.717, 1.165) is 23.4 Å². The van der Waals surface area contributed by atoms with E-state index in [4.69, 9.17) is 0 Å². The first-order valence-corrected chi connectivity index (χ1v) is 7.78. The molecular weight excluding hydrogens is 268 g/mol. The van der Waals surface area contributed by atoms with Crippen LogP contribution in [0.4, 0.5) is 0 Å². The maximum atomic E-state index is 12.6. The number of carbonyl (C=O) groups excluding carboxylic acids is 1. The number of nitrogens with zero attached hydrogens (tertiary/aromatic N) is 2. The number of fused-ring (bicyclic) bond motifs is 1. The van der Waals surface area contributed by atoms with Crippen molar-refractivity contribution >= 4 is 17.2 Å². The minimum Gasteiger partial charge on any atom is -0.333 e. The van der Waals surface area contributed by atoms with Gasteiger partial charge in [0.25, 0.3) is 5.91 Å². The van der Waals surface area contributed by atoms with Crippen LogP contribution in [0, 0.1) is 0 Å². The number of hydrogen-bond acceptors (Lipinski definition) is 3. The maximum absolute atomic E-state index is 12.6. The second-order valence-electron chi connectivity index (χ2n) is 5.26. The van der Waals surface area contributed by atoms with E-state index in [2.05, 4.69) is 11.1 Å². The van der Waals surface area contributed by atoms with E-state index in [1.54, 1.807) is 22.4 Å². The quantitative estimate of drug-likeness (QED) is 0.865. The van der Waals surface area contributed by atoms with Crippen LogP contribution in [-0.2, 0) is 12.8 Å². The Kier molecular flexibility index (Phi) is 3.57. The molecule has 1 amide bonds. The molecule has 0 aromatic carbocycles. The van der Waals surface area contributed by atoms with E-state index >= 15 is 0 Å². The van der Waals surface area contributed by atoms with Crippen molar-refractivity contribution in [1.29, 1.82) is 0 Å². The molecule has 1 unspecified atom stereocenters. The average Bonchev–Trinajstić information content (AvgIpc) is 3.07. The SMILES string of the molecule is CC(c1ccccn1)N(C)C(=O)c1cc2c(s1)CCC2. The second kappa shape index (κ2) is 5.37. The second-order valence-corrected chi connectivity index (χ2v) is 6.40. The summed E-state index contributed by atoms with van der Waals surface area (Å²) in [5.74, 6) is 0.0996. The monoisotopic (exact) mass is 286 g/mol. The lowest BCUT2D eigenvalue weighted by Gasteiger charge is -2.24. The highest BCUT2D eigenvalue weighted by atomic mass is 32.1. The lowest BCUT2D eigenvalue weighted by Crippen LogP contribution is -2.29. The van der Waals surface area contributed by atoms with Gasteiger partial charge < -0.3 is 4.90 Å². The maximum Gasteiger partial charge on any atom is 0.264 e. The van der Waals surface area contributed by atoms with Crippen molar-refractivity contribution in [1.82, 2.24) is 9.88 Å². The van der Waals surface area contributed by atoms with Crippen LogP contribution in [-0.4, -0.2) is 22.8 Å². The number of rotatable bonds is 3. The third-order valence-electron chi connectivity index (χ3n) is 3.97. The molecule has 2 heterocycles. The number of carbonyl (C=O) groups is 1. The summed E-state index contributed by atoms with van der Waals surface area (Å²) >= 11 is 1.66. The minimum atomic E-state index is -0.0133. The summed E-state index contributed by atoms with van der Waals surface area (Å²) in [5.41, 5.74) is 2.30. The van der Waals surface area contributed by atoms with Crippen LogP contribution in [0.1, 0.15) is 45.2 Å². The van der Waals surface area contributed by atoms with Crippen molar-refractivity contribution in [3.63, 3.8) is 0 Å². The van der Waals surface area contributed by atoms with Crippen molar-refractivity contribution in [2.24, 2.45) is 0 Å². The molecule has 0 fully saturated rings. The van der Waals surface area contributed by atoms with Crippen LogP contribution in [0.15, 0.2) is 30.5 Å². The Labute approximate surface area is 123 Å². The topological polar surface area (TPSA) is 33.2 Å². The molecule has 3 rings (SSSR count). The number of aryl methyl sites for hydroxylation is 2. The summed E-state index contributed by atoms with van der Waals surface area (Å²) < 4.78 is 0. The predicted octanol–water partition coefficient (Wildman–Crippen LogP) is 3.47. The molecule has 3 nitrogen and oxygen atoms in total. The number of thiophene rings is 1. The molecule has 1 aliphatic carbocycles. The van der Waals surface area contributed by atoms with Crippen LogP contribution in [0.3, 0.4) is 0 Å². The van der Waals surface area contributed by atoms with Gasteiger partial charge in [0.05, 0.1) is 16.6 Å². The molecule has 0 aliphatic heterocycles. The van der Waals surface area contributed by atoms with E-state index in [0.29, 0.717) is 0 Å². The van der Waals surface area contributed by atoms with Crippen LogP contribution in [0.25, 0.3) is 0 Å². The molecule has 20 heavy (non-hydrogen) atoms. The molecule has 104 valence electrons.